The number of nitrogen functional groups attached to an aromatic ring is 1. The van der Waals surface area contributed by atoms with Crippen molar-refractivity contribution >= 4 is 15.7 Å². The minimum atomic E-state index is -3.64. The van der Waals surface area contributed by atoms with Gasteiger partial charge < -0.3 is 5.73 Å². The number of hydrogen-bond donors (Lipinski definition) is 2. The smallest absolute Gasteiger partial charge is 0.175 e. The lowest BCUT2D eigenvalue weighted by molar-refractivity contribution is 0.507. The fourth-order valence-corrected chi connectivity index (χ4v) is 2.10. The Bertz CT molecular complexity index is 710. The summed E-state index contributed by atoms with van der Waals surface area (Å²) in [5.74, 6) is -2.32. The van der Waals surface area contributed by atoms with Crippen LogP contribution in [0.5, 0.6) is 0 Å². The third kappa shape index (κ3) is 2.19. The van der Waals surface area contributed by atoms with E-state index in [1.807, 2.05) is 0 Å². The number of anilines is 1. The van der Waals surface area contributed by atoms with E-state index >= 15 is 0 Å². The quantitative estimate of drug-likeness (QED) is 0.808. The van der Waals surface area contributed by atoms with Gasteiger partial charge in [0.05, 0.1) is 10.6 Å². The number of nitrogens with one attached hydrogen (secondary N) is 1. The SMILES string of the molecule is CS(=O)(=O)c1cc(F)c(F)c(-c2cc(N)n[nH]2)c1. The molecule has 8 heteroatoms. The molecule has 18 heavy (non-hydrogen) atoms. The maximum atomic E-state index is 13.6. The molecule has 0 unspecified atom stereocenters. The van der Waals surface area contributed by atoms with Crippen LogP contribution in [-0.2, 0) is 9.84 Å². The molecule has 96 valence electrons. The highest BCUT2D eigenvalue weighted by Gasteiger charge is 2.18. The summed E-state index contributed by atoms with van der Waals surface area (Å²) in [5, 5.41) is 5.96. The third-order valence-electron chi connectivity index (χ3n) is 2.32. The van der Waals surface area contributed by atoms with Gasteiger partial charge in [0, 0.05) is 17.9 Å². The number of benzene rings is 1. The molecule has 0 aliphatic rings. The van der Waals surface area contributed by atoms with Gasteiger partial charge in [-0.05, 0) is 12.1 Å². The Morgan fingerprint density at radius 3 is 2.44 bits per heavy atom. The third-order valence-corrected chi connectivity index (χ3v) is 3.41. The van der Waals surface area contributed by atoms with Crippen molar-refractivity contribution < 1.29 is 17.2 Å². The Balaban J connectivity index is 2.71. The van der Waals surface area contributed by atoms with Crippen molar-refractivity contribution in [3.05, 3.63) is 29.8 Å². The summed E-state index contributed by atoms with van der Waals surface area (Å²) in [6.45, 7) is 0. The number of H-pyrrole nitrogens is 1. The zero-order chi connectivity index (χ0) is 13.5. The van der Waals surface area contributed by atoms with Crippen LogP contribution in [0, 0.1) is 11.6 Å². The lowest BCUT2D eigenvalue weighted by Gasteiger charge is -2.05. The summed E-state index contributed by atoms with van der Waals surface area (Å²) < 4.78 is 49.7. The molecule has 2 aromatic rings. The van der Waals surface area contributed by atoms with Crippen LogP contribution in [0.2, 0.25) is 0 Å². The molecule has 1 aromatic heterocycles. The largest absolute Gasteiger partial charge is 0.382 e. The zero-order valence-electron chi connectivity index (χ0n) is 9.24. The van der Waals surface area contributed by atoms with E-state index in [1.54, 1.807) is 0 Å². The zero-order valence-corrected chi connectivity index (χ0v) is 10.1. The van der Waals surface area contributed by atoms with E-state index in [0.717, 1.165) is 12.3 Å². The topological polar surface area (TPSA) is 88.8 Å². The Labute approximate surface area is 102 Å². The molecule has 5 nitrogen and oxygen atoms in total. The molecule has 0 amide bonds. The second kappa shape index (κ2) is 4.05. The van der Waals surface area contributed by atoms with Crippen molar-refractivity contribution in [2.75, 3.05) is 12.0 Å². The molecule has 1 heterocycles. The van der Waals surface area contributed by atoms with E-state index in [2.05, 4.69) is 10.2 Å². The Kier molecular flexibility index (Phi) is 2.81. The van der Waals surface area contributed by atoms with Crippen LogP contribution in [-0.4, -0.2) is 24.9 Å². The van der Waals surface area contributed by atoms with E-state index in [1.165, 1.54) is 6.07 Å². The lowest BCUT2D eigenvalue weighted by atomic mass is 10.1. The summed E-state index contributed by atoms with van der Waals surface area (Å²) in [6, 6.07) is 2.94. The van der Waals surface area contributed by atoms with Crippen molar-refractivity contribution in [2.45, 2.75) is 4.90 Å². The summed E-state index contributed by atoms with van der Waals surface area (Å²) in [4.78, 5) is -0.315. The van der Waals surface area contributed by atoms with E-state index < -0.39 is 21.5 Å². The van der Waals surface area contributed by atoms with Crippen molar-refractivity contribution in [1.82, 2.24) is 10.2 Å². The molecule has 0 saturated carbocycles. The molecule has 2 rings (SSSR count). The Morgan fingerprint density at radius 1 is 1.28 bits per heavy atom. The summed E-state index contributed by atoms with van der Waals surface area (Å²) in [7, 11) is -3.64. The summed E-state index contributed by atoms with van der Waals surface area (Å²) >= 11 is 0. The summed E-state index contributed by atoms with van der Waals surface area (Å²) in [5.41, 5.74) is 5.22. The first-order valence-electron chi connectivity index (χ1n) is 4.79. The van der Waals surface area contributed by atoms with Crippen LogP contribution in [0.25, 0.3) is 11.3 Å². The van der Waals surface area contributed by atoms with Crippen LogP contribution in [0.1, 0.15) is 0 Å². The fourth-order valence-electron chi connectivity index (χ4n) is 1.45. The molecule has 3 N–H and O–H groups in total. The molecule has 0 atom stereocenters. The highest BCUT2D eigenvalue weighted by atomic mass is 32.2. The maximum Gasteiger partial charge on any atom is 0.175 e. The predicted octanol–water partition coefficient (Wildman–Crippen LogP) is 1.34. The van der Waals surface area contributed by atoms with E-state index in [9.17, 15) is 17.2 Å². The molecule has 0 spiro atoms. The van der Waals surface area contributed by atoms with E-state index in [4.69, 9.17) is 5.73 Å². The highest BCUT2D eigenvalue weighted by molar-refractivity contribution is 7.90. The van der Waals surface area contributed by atoms with Crippen molar-refractivity contribution in [1.29, 1.82) is 0 Å². The molecule has 0 fully saturated rings. The van der Waals surface area contributed by atoms with Crippen molar-refractivity contribution in [3.8, 4) is 11.3 Å². The summed E-state index contributed by atoms with van der Waals surface area (Å²) in [6.07, 6.45) is 0.908. The van der Waals surface area contributed by atoms with Gasteiger partial charge in [0.15, 0.2) is 21.5 Å². The second-order valence-corrected chi connectivity index (χ2v) is 5.76. The minimum Gasteiger partial charge on any atom is -0.382 e. The van der Waals surface area contributed by atoms with E-state index in [-0.39, 0.29) is 22.0 Å². The van der Waals surface area contributed by atoms with Crippen LogP contribution in [0.15, 0.2) is 23.1 Å². The number of nitrogens with two attached hydrogens (primary N) is 1. The molecule has 0 aliphatic heterocycles. The molecule has 0 bridgehead atoms. The molecule has 1 aromatic carbocycles. The number of halogens is 2. The van der Waals surface area contributed by atoms with Crippen LogP contribution in [0.4, 0.5) is 14.6 Å². The van der Waals surface area contributed by atoms with Gasteiger partial charge in [-0.3, -0.25) is 5.10 Å². The number of nitrogens with zero attached hydrogens (tertiary/aromatic N) is 1. The number of aromatic amines is 1. The van der Waals surface area contributed by atoms with Gasteiger partial charge in [0.2, 0.25) is 0 Å². The first kappa shape index (κ1) is 12.5. The van der Waals surface area contributed by atoms with Crippen LogP contribution in [0.3, 0.4) is 0 Å². The van der Waals surface area contributed by atoms with Crippen LogP contribution < -0.4 is 5.73 Å². The number of sulfone groups is 1. The molecule has 0 aliphatic carbocycles. The standard InChI is InChI=1S/C10H9F2N3O2S/c1-18(16,17)5-2-6(10(12)7(11)3-5)8-4-9(13)15-14-8/h2-4H,1H3,(H3,13,14,15). The highest BCUT2D eigenvalue weighted by Crippen LogP contribution is 2.27. The molecular weight excluding hydrogens is 264 g/mol. The van der Waals surface area contributed by atoms with Gasteiger partial charge >= 0.3 is 0 Å². The number of hydrogen-bond acceptors (Lipinski definition) is 4. The Morgan fingerprint density at radius 2 is 1.94 bits per heavy atom. The van der Waals surface area contributed by atoms with Crippen LogP contribution >= 0.6 is 0 Å². The molecule has 0 radical (unpaired) electrons. The van der Waals surface area contributed by atoms with Gasteiger partial charge in [-0.1, -0.05) is 0 Å². The van der Waals surface area contributed by atoms with Gasteiger partial charge in [-0.2, -0.15) is 5.10 Å². The van der Waals surface area contributed by atoms with Crippen molar-refractivity contribution in [3.63, 3.8) is 0 Å². The average Bonchev–Trinajstić information content (AvgIpc) is 2.67. The molecular formula is C10H9F2N3O2S. The second-order valence-electron chi connectivity index (χ2n) is 3.75. The number of rotatable bonds is 2. The first-order valence-corrected chi connectivity index (χ1v) is 6.68. The maximum absolute atomic E-state index is 13.6. The molecule has 0 saturated heterocycles. The van der Waals surface area contributed by atoms with Gasteiger partial charge in [-0.25, -0.2) is 17.2 Å². The van der Waals surface area contributed by atoms with Crippen molar-refractivity contribution in [2.24, 2.45) is 0 Å². The first-order chi connectivity index (χ1) is 8.29. The average molecular weight is 273 g/mol. The monoisotopic (exact) mass is 273 g/mol. The number of aromatic nitrogens is 2. The van der Waals surface area contributed by atoms with E-state index in [0.29, 0.717) is 6.07 Å². The predicted molar refractivity (Wildman–Crippen MR) is 61.5 cm³/mol. The van der Waals surface area contributed by atoms with Gasteiger partial charge in [-0.15, -0.1) is 0 Å². The fraction of sp³-hybridized carbons (Fsp3) is 0.100. The van der Waals surface area contributed by atoms with Gasteiger partial charge in [0.25, 0.3) is 0 Å². The Hall–Kier alpha value is -1.96. The normalized spacial score (nSPS) is 11.7. The van der Waals surface area contributed by atoms with Gasteiger partial charge in [0.1, 0.15) is 5.82 Å². The minimum absolute atomic E-state index is 0.0922. The lowest BCUT2D eigenvalue weighted by Crippen LogP contribution is -2.01.